The van der Waals surface area contributed by atoms with E-state index in [0.717, 1.165) is 10.9 Å². The summed E-state index contributed by atoms with van der Waals surface area (Å²) in [6.07, 6.45) is 9.32. The molecule has 298 valence electrons. The summed E-state index contributed by atoms with van der Waals surface area (Å²) in [5.74, 6) is -1.54. The highest BCUT2D eigenvalue weighted by Gasteiger charge is 2.52. The fourth-order valence-corrected chi connectivity index (χ4v) is 8.03. The molecule has 0 spiro atoms. The van der Waals surface area contributed by atoms with Gasteiger partial charge in [-0.3, -0.25) is 19.1 Å². The van der Waals surface area contributed by atoms with Crippen molar-refractivity contribution >= 4 is 33.1 Å². The average Bonchev–Trinajstić information content (AvgIpc) is 3.83. The summed E-state index contributed by atoms with van der Waals surface area (Å²) in [5.41, 5.74) is 1.46. The third-order valence-electron chi connectivity index (χ3n) is 11.3. The van der Waals surface area contributed by atoms with Crippen LogP contribution in [0.25, 0.3) is 32.9 Å². The molecule has 0 saturated heterocycles. The van der Waals surface area contributed by atoms with Gasteiger partial charge in [0.05, 0.1) is 65.0 Å². The van der Waals surface area contributed by atoms with Crippen LogP contribution in [0.4, 0.5) is 5.69 Å². The monoisotopic (exact) mass is 796 g/mol. The molecular weight excluding hydrogens is 757 g/mol. The number of rotatable bonds is 12. The molecule has 60 heavy (non-hydrogen) atoms. The largest absolute Gasteiger partial charge is 0.395 e. The maximum absolute atomic E-state index is 14.7. The van der Waals surface area contributed by atoms with Crippen molar-refractivity contribution in [1.29, 1.82) is 0 Å². The SMILES string of the molecule is C[C@H](/C=C/CCn1cc(C(CO)c2ccccc2)nn1)[C@@]1(O)C(=O)N(Cc2cccc(-n3ncc4ccccc4c3=O)c2)c2ccc(-n3ncc4ccccc4c3=O)cc21. The first kappa shape index (κ1) is 38.2. The van der Waals surface area contributed by atoms with Crippen molar-refractivity contribution in [2.24, 2.45) is 5.92 Å². The van der Waals surface area contributed by atoms with Crippen LogP contribution in [0.5, 0.6) is 0 Å². The second kappa shape index (κ2) is 15.8. The number of aromatic nitrogens is 7. The van der Waals surface area contributed by atoms with Crippen LogP contribution in [0.3, 0.4) is 0 Å². The average molecular weight is 797 g/mol. The van der Waals surface area contributed by atoms with Crippen molar-refractivity contribution < 1.29 is 15.0 Å². The molecule has 1 unspecified atom stereocenters. The van der Waals surface area contributed by atoms with Crippen LogP contribution in [-0.2, 0) is 23.5 Å². The maximum Gasteiger partial charge on any atom is 0.279 e. The normalized spacial score (nSPS) is 16.2. The Kier molecular flexibility index (Phi) is 10.0. The lowest BCUT2D eigenvalue weighted by Crippen LogP contribution is -2.44. The van der Waals surface area contributed by atoms with E-state index in [9.17, 15) is 24.6 Å². The minimum Gasteiger partial charge on any atom is -0.395 e. The van der Waals surface area contributed by atoms with E-state index in [1.54, 1.807) is 72.5 Å². The number of amides is 1. The molecule has 0 radical (unpaired) electrons. The number of benzene rings is 5. The molecule has 0 fully saturated rings. The molecule has 1 aliphatic rings. The quantitative estimate of drug-likeness (QED) is 0.145. The zero-order valence-electron chi connectivity index (χ0n) is 32.6. The van der Waals surface area contributed by atoms with E-state index >= 15 is 0 Å². The number of fused-ring (bicyclic) bond motifs is 3. The minimum absolute atomic E-state index is 0.0840. The van der Waals surface area contributed by atoms with Gasteiger partial charge in [-0.15, -0.1) is 5.10 Å². The Morgan fingerprint density at radius 1 is 0.750 bits per heavy atom. The summed E-state index contributed by atoms with van der Waals surface area (Å²) >= 11 is 0. The standard InChI is InChI=1S/C47H40N8O5/c1-31(12-9-10-23-52-29-42(50-51-52)40(30-56)33-14-3-2-4-15-33)47(60)41-25-37(55-45(58)39-20-8-6-17-35(39)27-49-55)21-22-43(41)53(46(47)59)28-32-13-11-18-36(24-32)54-44(57)38-19-7-5-16-34(38)26-48-54/h2-9,11-22,24-27,29,31,40,56,60H,10,23,28,30H2,1H3/b12-9+/t31-,40?,47+/m1/s1. The van der Waals surface area contributed by atoms with E-state index in [1.165, 1.54) is 14.3 Å². The molecule has 9 rings (SSSR count). The van der Waals surface area contributed by atoms with Gasteiger partial charge in [0.1, 0.15) is 0 Å². The Balaban J connectivity index is 1.02. The highest BCUT2D eigenvalue weighted by atomic mass is 16.3. The second-order valence-electron chi connectivity index (χ2n) is 15.0. The molecule has 5 aromatic carbocycles. The molecular formula is C47H40N8O5. The third-order valence-corrected chi connectivity index (χ3v) is 11.3. The first-order valence-electron chi connectivity index (χ1n) is 19.7. The lowest BCUT2D eigenvalue weighted by Gasteiger charge is -2.28. The molecule has 2 N–H and O–H groups in total. The summed E-state index contributed by atoms with van der Waals surface area (Å²) < 4.78 is 4.32. The number of aliphatic hydroxyl groups excluding tert-OH is 1. The van der Waals surface area contributed by atoms with Crippen LogP contribution < -0.4 is 16.0 Å². The number of hydrogen-bond donors (Lipinski definition) is 2. The van der Waals surface area contributed by atoms with Crippen molar-refractivity contribution in [2.45, 2.75) is 38.0 Å². The summed E-state index contributed by atoms with van der Waals surface area (Å²) in [6, 6.07) is 36.5. The highest BCUT2D eigenvalue weighted by Crippen LogP contribution is 2.46. The first-order chi connectivity index (χ1) is 29.2. The van der Waals surface area contributed by atoms with E-state index in [1.807, 2.05) is 91.1 Å². The number of hydrogen-bond acceptors (Lipinski definition) is 9. The molecule has 0 saturated carbocycles. The van der Waals surface area contributed by atoms with Gasteiger partial charge in [0.25, 0.3) is 17.0 Å². The topological polar surface area (TPSA) is 161 Å². The van der Waals surface area contributed by atoms with Gasteiger partial charge in [-0.25, -0.2) is 0 Å². The van der Waals surface area contributed by atoms with Crippen LogP contribution in [0.15, 0.2) is 162 Å². The number of nitrogens with zero attached hydrogens (tertiary/aromatic N) is 8. The van der Waals surface area contributed by atoms with Gasteiger partial charge in [0.15, 0.2) is 5.60 Å². The predicted molar refractivity (Wildman–Crippen MR) is 228 cm³/mol. The molecule has 8 aromatic rings. The van der Waals surface area contributed by atoms with E-state index < -0.39 is 17.4 Å². The van der Waals surface area contributed by atoms with Gasteiger partial charge < -0.3 is 15.1 Å². The Morgan fingerprint density at radius 3 is 2.08 bits per heavy atom. The number of aliphatic hydroxyl groups is 2. The fourth-order valence-electron chi connectivity index (χ4n) is 8.03. The summed E-state index contributed by atoms with van der Waals surface area (Å²) in [7, 11) is 0. The molecule has 3 atom stereocenters. The zero-order chi connectivity index (χ0) is 41.4. The fraction of sp³-hybridized carbons (Fsp3) is 0.170. The van der Waals surface area contributed by atoms with E-state index in [-0.39, 0.29) is 30.2 Å². The van der Waals surface area contributed by atoms with Crippen LogP contribution in [0, 0.1) is 5.92 Å². The second-order valence-corrected chi connectivity index (χ2v) is 15.0. The number of carbonyl (C=O) groups is 1. The Hall–Kier alpha value is -7.35. The Labute approximate surface area is 343 Å². The zero-order valence-corrected chi connectivity index (χ0v) is 32.6. The Bertz CT molecular complexity index is 3050. The number of aryl methyl sites for hydroxylation is 1. The van der Waals surface area contributed by atoms with Crippen LogP contribution in [0.1, 0.15) is 41.6 Å². The number of allylic oxidation sites excluding steroid dienone is 1. The lowest BCUT2D eigenvalue weighted by atomic mass is 9.82. The van der Waals surface area contributed by atoms with Crippen molar-refractivity contribution in [3.63, 3.8) is 0 Å². The molecule has 13 nitrogen and oxygen atoms in total. The van der Waals surface area contributed by atoms with E-state index in [4.69, 9.17) is 0 Å². The van der Waals surface area contributed by atoms with Crippen molar-refractivity contribution in [1.82, 2.24) is 34.6 Å². The molecule has 0 bridgehead atoms. The van der Waals surface area contributed by atoms with Gasteiger partial charge in [-0.05, 0) is 60.0 Å². The molecule has 1 amide bonds. The molecule has 13 heteroatoms. The minimum atomic E-state index is -2.01. The first-order valence-corrected chi connectivity index (χ1v) is 19.7. The van der Waals surface area contributed by atoms with Gasteiger partial charge in [0.2, 0.25) is 0 Å². The third kappa shape index (κ3) is 6.79. The lowest BCUT2D eigenvalue weighted by molar-refractivity contribution is -0.139. The van der Waals surface area contributed by atoms with Crippen LogP contribution >= 0.6 is 0 Å². The van der Waals surface area contributed by atoms with Gasteiger partial charge in [-0.1, -0.05) is 103 Å². The summed E-state index contributed by atoms with van der Waals surface area (Å²) in [5, 5.41) is 42.7. The van der Waals surface area contributed by atoms with Crippen molar-refractivity contribution in [3.8, 4) is 11.4 Å². The molecule has 3 aromatic heterocycles. The predicted octanol–water partition coefficient (Wildman–Crippen LogP) is 5.82. The van der Waals surface area contributed by atoms with Gasteiger partial charge in [0, 0.05) is 35.0 Å². The van der Waals surface area contributed by atoms with Gasteiger partial charge in [-0.2, -0.15) is 19.6 Å². The van der Waals surface area contributed by atoms with E-state index in [0.29, 0.717) is 63.0 Å². The van der Waals surface area contributed by atoms with Crippen LogP contribution in [-0.4, -0.2) is 57.3 Å². The Morgan fingerprint density at radius 2 is 1.40 bits per heavy atom. The van der Waals surface area contributed by atoms with Gasteiger partial charge >= 0.3 is 0 Å². The van der Waals surface area contributed by atoms with Crippen LogP contribution in [0.2, 0.25) is 0 Å². The molecule has 0 aliphatic carbocycles. The number of carbonyl (C=O) groups excluding carboxylic acids is 1. The van der Waals surface area contributed by atoms with E-state index in [2.05, 4.69) is 20.5 Å². The smallest absolute Gasteiger partial charge is 0.279 e. The highest BCUT2D eigenvalue weighted by molar-refractivity contribution is 6.07. The molecule has 4 heterocycles. The number of anilines is 1. The maximum atomic E-state index is 14.7. The summed E-state index contributed by atoms with van der Waals surface area (Å²) in [6.45, 7) is 2.24. The van der Waals surface area contributed by atoms with Crippen molar-refractivity contribution in [2.75, 3.05) is 11.5 Å². The molecule has 1 aliphatic heterocycles. The summed E-state index contributed by atoms with van der Waals surface area (Å²) in [4.78, 5) is 43.3. The van der Waals surface area contributed by atoms with Crippen molar-refractivity contribution in [3.05, 3.63) is 195 Å².